The summed E-state index contributed by atoms with van der Waals surface area (Å²) in [6.45, 7) is 6.74. The summed E-state index contributed by atoms with van der Waals surface area (Å²) in [5, 5.41) is 0. The molecule has 1 aromatic carbocycles. The van der Waals surface area contributed by atoms with Crippen LogP contribution in [-0.2, 0) is 6.54 Å². The van der Waals surface area contributed by atoms with E-state index < -0.39 is 0 Å². The summed E-state index contributed by atoms with van der Waals surface area (Å²) < 4.78 is 0. The highest BCUT2D eigenvalue weighted by molar-refractivity contribution is 7.99. The molecule has 0 fully saturated rings. The number of hydrogen-bond acceptors (Lipinski definition) is 2. The van der Waals surface area contributed by atoms with Gasteiger partial charge in [-0.05, 0) is 24.1 Å². The van der Waals surface area contributed by atoms with Gasteiger partial charge in [-0.25, -0.2) is 0 Å². The van der Waals surface area contributed by atoms with Crippen molar-refractivity contribution >= 4 is 11.8 Å². The van der Waals surface area contributed by atoms with Crippen LogP contribution >= 0.6 is 11.8 Å². The summed E-state index contributed by atoms with van der Waals surface area (Å²) in [5.41, 5.74) is 8.00. The summed E-state index contributed by atoms with van der Waals surface area (Å²) in [6, 6.07) is 8.40. The monoisotopic (exact) mass is 207 g/mol. The van der Waals surface area contributed by atoms with E-state index in [-0.39, 0.29) is 0 Å². The minimum atomic E-state index is 0.618. The Balaban J connectivity index is 2.47. The zero-order valence-electron chi connectivity index (χ0n) is 8.62. The zero-order valence-corrected chi connectivity index (χ0v) is 9.44. The van der Waals surface area contributed by atoms with E-state index in [1.54, 1.807) is 0 Å². The van der Waals surface area contributed by atoms with Crippen LogP contribution in [0.1, 0.15) is 18.9 Å². The molecule has 14 heavy (non-hydrogen) atoms. The lowest BCUT2D eigenvalue weighted by Gasteiger charge is -2.03. The molecule has 0 aliphatic rings. The minimum Gasteiger partial charge on any atom is -0.326 e. The first-order valence-electron chi connectivity index (χ1n) is 4.84. The van der Waals surface area contributed by atoms with E-state index in [4.69, 9.17) is 5.73 Å². The molecule has 0 saturated carbocycles. The smallest absolute Gasteiger partial charge is 0.0187 e. The second-order valence-electron chi connectivity index (χ2n) is 3.24. The average Bonchev–Trinajstić information content (AvgIpc) is 2.26. The Labute approximate surface area is 90.4 Å². The van der Waals surface area contributed by atoms with Crippen molar-refractivity contribution in [2.45, 2.75) is 24.8 Å². The van der Waals surface area contributed by atoms with Crippen molar-refractivity contribution < 1.29 is 0 Å². The van der Waals surface area contributed by atoms with Gasteiger partial charge in [0.1, 0.15) is 0 Å². The Hall–Kier alpha value is -0.730. The van der Waals surface area contributed by atoms with E-state index in [2.05, 4.69) is 37.8 Å². The van der Waals surface area contributed by atoms with Gasteiger partial charge in [0.15, 0.2) is 0 Å². The van der Waals surface area contributed by atoms with Crippen LogP contribution in [0.15, 0.2) is 41.3 Å². The standard InChI is InChI=1S/C12H17NS/c1-3-10(2)9-14-12-6-4-11(8-13)5-7-12/h4-7H,2-3,8-9,13H2,1H3. The number of hydrogen-bond donors (Lipinski definition) is 1. The molecular formula is C12H17NS. The average molecular weight is 207 g/mol. The van der Waals surface area contributed by atoms with Gasteiger partial charge >= 0.3 is 0 Å². The molecule has 0 amide bonds. The molecule has 0 atom stereocenters. The molecular weight excluding hydrogens is 190 g/mol. The molecule has 0 aliphatic carbocycles. The van der Waals surface area contributed by atoms with Crippen LogP contribution in [0.5, 0.6) is 0 Å². The highest BCUT2D eigenvalue weighted by atomic mass is 32.2. The molecule has 1 nitrogen and oxygen atoms in total. The summed E-state index contributed by atoms with van der Waals surface area (Å²) >= 11 is 1.83. The van der Waals surface area contributed by atoms with E-state index in [1.807, 2.05) is 11.8 Å². The van der Waals surface area contributed by atoms with E-state index in [0.29, 0.717) is 6.54 Å². The molecule has 0 aliphatic heterocycles. The van der Waals surface area contributed by atoms with Crippen molar-refractivity contribution in [2.24, 2.45) is 5.73 Å². The first-order chi connectivity index (χ1) is 6.76. The second-order valence-corrected chi connectivity index (χ2v) is 4.29. The lowest BCUT2D eigenvalue weighted by molar-refractivity contribution is 1.06. The van der Waals surface area contributed by atoms with Crippen LogP contribution in [0.3, 0.4) is 0 Å². The van der Waals surface area contributed by atoms with Gasteiger partial charge in [-0.15, -0.1) is 11.8 Å². The Morgan fingerprint density at radius 2 is 2.00 bits per heavy atom. The fraction of sp³-hybridized carbons (Fsp3) is 0.333. The van der Waals surface area contributed by atoms with Crippen LogP contribution in [0.2, 0.25) is 0 Å². The molecule has 0 heterocycles. The van der Waals surface area contributed by atoms with E-state index in [0.717, 1.165) is 12.2 Å². The molecule has 76 valence electrons. The molecule has 2 heteroatoms. The highest BCUT2D eigenvalue weighted by Gasteiger charge is 1.95. The lowest BCUT2D eigenvalue weighted by atomic mass is 10.2. The maximum atomic E-state index is 5.52. The van der Waals surface area contributed by atoms with Gasteiger partial charge in [0, 0.05) is 17.2 Å². The molecule has 0 spiro atoms. The predicted molar refractivity (Wildman–Crippen MR) is 64.5 cm³/mol. The summed E-state index contributed by atoms with van der Waals surface area (Å²) in [4.78, 5) is 1.29. The van der Waals surface area contributed by atoms with Crippen molar-refractivity contribution in [3.63, 3.8) is 0 Å². The van der Waals surface area contributed by atoms with Gasteiger partial charge in [0.25, 0.3) is 0 Å². The minimum absolute atomic E-state index is 0.618. The Bertz CT molecular complexity index is 290. The Morgan fingerprint density at radius 3 is 2.50 bits per heavy atom. The zero-order chi connectivity index (χ0) is 10.4. The van der Waals surface area contributed by atoms with Crippen LogP contribution in [0.25, 0.3) is 0 Å². The van der Waals surface area contributed by atoms with Crippen molar-refractivity contribution in [1.29, 1.82) is 0 Å². The van der Waals surface area contributed by atoms with Crippen molar-refractivity contribution in [2.75, 3.05) is 5.75 Å². The van der Waals surface area contributed by atoms with Crippen LogP contribution < -0.4 is 5.73 Å². The van der Waals surface area contributed by atoms with Crippen LogP contribution in [-0.4, -0.2) is 5.75 Å². The van der Waals surface area contributed by atoms with Crippen LogP contribution in [0, 0.1) is 0 Å². The summed E-state index contributed by atoms with van der Waals surface area (Å²) in [6.07, 6.45) is 1.06. The molecule has 1 rings (SSSR count). The Kier molecular flexibility index (Phi) is 4.77. The number of thioether (sulfide) groups is 1. The topological polar surface area (TPSA) is 26.0 Å². The van der Waals surface area contributed by atoms with Gasteiger partial charge in [-0.3, -0.25) is 0 Å². The molecule has 0 bridgehead atoms. The third kappa shape index (κ3) is 3.56. The third-order valence-electron chi connectivity index (χ3n) is 2.10. The van der Waals surface area contributed by atoms with Gasteiger partial charge < -0.3 is 5.73 Å². The van der Waals surface area contributed by atoms with E-state index in [9.17, 15) is 0 Å². The molecule has 0 radical (unpaired) electrons. The van der Waals surface area contributed by atoms with E-state index in [1.165, 1.54) is 16.0 Å². The third-order valence-corrected chi connectivity index (χ3v) is 3.26. The lowest BCUT2D eigenvalue weighted by Crippen LogP contribution is -1.95. The fourth-order valence-electron chi connectivity index (χ4n) is 1.01. The van der Waals surface area contributed by atoms with Crippen molar-refractivity contribution in [1.82, 2.24) is 0 Å². The molecule has 0 saturated heterocycles. The molecule has 1 aromatic rings. The van der Waals surface area contributed by atoms with Crippen molar-refractivity contribution in [3.8, 4) is 0 Å². The maximum Gasteiger partial charge on any atom is 0.0187 e. The Morgan fingerprint density at radius 1 is 1.36 bits per heavy atom. The largest absolute Gasteiger partial charge is 0.326 e. The first-order valence-corrected chi connectivity index (χ1v) is 5.83. The second kappa shape index (κ2) is 5.89. The van der Waals surface area contributed by atoms with Crippen molar-refractivity contribution in [3.05, 3.63) is 42.0 Å². The molecule has 2 N–H and O–H groups in total. The predicted octanol–water partition coefficient (Wildman–Crippen LogP) is 3.20. The summed E-state index contributed by atoms with van der Waals surface area (Å²) in [5.74, 6) is 1.01. The van der Waals surface area contributed by atoms with Gasteiger partial charge in [-0.2, -0.15) is 0 Å². The number of benzene rings is 1. The maximum absolute atomic E-state index is 5.52. The van der Waals surface area contributed by atoms with Gasteiger partial charge in [0.05, 0.1) is 0 Å². The van der Waals surface area contributed by atoms with Gasteiger partial charge in [0.2, 0.25) is 0 Å². The fourth-order valence-corrected chi connectivity index (χ4v) is 1.91. The van der Waals surface area contributed by atoms with Crippen LogP contribution in [0.4, 0.5) is 0 Å². The number of rotatable bonds is 5. The first kappa shape index (κ1) is 11.3. The quantitative estimate of drug-likeness (QED) is 0.592. The SMILES string of the molecule is C=C(CC)CSc1ccc(CN)cc1. The number of nitrogens with two attached hydrogens (primary N) is 1. The molecule has 0 aromatic heterocycles. The normalized spacial score (nSPS) is 10.1. The summed E-state index contributed by atoms with van der Waals surface area (Å²) in [7, 11) is 0. The highest BCUT2D eigenvalue weighted by Crippen LogP contribution is 2.21. The molecule has 0 unspecified atom stereocenters. The van der Waals surface area contributed by atoms with E-state index >= 15 is 0 Å². The van der Waals surface area contributed by atoms with Gasteiger partial charge in [-0.1, -0.05) is 31.2 Å².